The lowest BCUT2D eigenvalue weighted by molar-refractivity contribution is 0.0940. The molecule has 0 saturated carbocycles. The zero-order chi connectivity index (χ0) is 14.7. The fourth-order valence-corrected chi connectivity index (χ4v) is 2.34. The van der Waals surface area contributed by atoms with Crippen molar-refractivity contribution >= 4 is 27.5 Å². The smallest absolute Gasteiger partial charge is 0.251 e. The Morgan fingerprint density at radius 1 is 1.25 bits per heavy atom. The van der Waals surface area contributed by atoms with Gasteiger partial charge in [0.25, 0.3) is 5.91 Å². The summed E-state index contributed by atoms with van der Waals surface area (Å²) in [6, 6.07) is 13.2. The summed E-state index contributed by atoms with van der Waals surface area (Å²) in [5, 5.41) is 2.97. The highest BCUT2D eigenvalue weighted by Gasteiger charge is 2.12. The molecule has 0 aliphatic rings. The number of halogens is 1. The molecule has 0 unspecified atom stereocenters. The van der Waals surface area contributed by atoms with E-state index in [4.69, 9.17) is 5.73 Å². The van der Waals surface area contributed by atoms with E-state index in [1.165, 1.54) is 0 Å². The van der Waals surface area contributed by atoms with Crippen molar-refractivity contribution < 1.29 is 4.79 Å². The monoisotopic (exact) mass is 332 g/mol. The summed E-state index contributed by atoms with van der Waals surface area (Å²) in [4.78, 5) is 12.2. The van der Waals surface area contributed by atoms with Crippen molar-refractivity contribution in [2.24, 2.45) is 0 Å². The summed E-state index contributed by atoms with van der Waals surface area (Å²) in [5.74, 6) is -0.121. The Labute approximate surface area is 127 Å². The molecule has 0 saturated heterocycles. The minimum atomic E-state index is -0.121. The third-order valence-electron chi connectivity index (χ3n) is 3.24. The average Bonchev–Trinajstić information content (AvgIpc) is 2.41. The van der Waals surface area contributed by atoms with Gasteiger partial charge in [-0.2, -0.15) is 0 Å². The van der Waals surface area contributed by atoms with Gasteiger partial charge in [0.15, 0.2) is 0 Å². The van der Waals surface area contributed by atoms with E-state index in [0.717, 1.165) is 15.6 Å². The Bertz CT molecular complexity index is 640. The first-order chi connectivity index (χ1) is 9.47. The highest BCUT2D eigenvalue weighted by atomic mass is 79.9. The van der Waals surface area contributed by atoms with Crippen LogP contribution in [0.5, 0.6) is 0 Å². The molecule has 104 valence electrons. The van der Waals surface area contributed by atoms with Gasteiger partial charge in [-0.3, -0.25) is 4.79 Å². The maximum atomic E-state index is 12.2. The molecule has 0 aliphatic heterocycles. The second kappa shape index (κ2) is 6.09. The number of rotatable bonds is 3. The van der Waals surface area contributed by atoms with Crippen LogP contribution in [0.4, 0.5) is 5.69 Å². The number of carbonyl (C=O) groups is 1. The number of hydrogen-bond acceptors (Lipinski definition) is 2. The number of amides is 1. The van der Waals surface area contributed by atoms with E-state index >= 15 is 0 Å². The molecule has 3 N–H and O–H groups in total. The number of carbonyl (C=O) groups excluding carboxylic acids is 1. The van der Waals surface area contributed by atoms with Crippen molar-refractivity contribution in [3.05, 3.63) is 63.6 Å². The van der Waals surface area contributed by atoms with Gasteiger partial charge in [0.2, 0.25) is 0 Å². The minimum Gasteiger partial charge on any atom is -0.398 e. The average molecular weight is 333 g/mol. The van der Waals surface area contributed by atoms with Crippen molar-refractivity contribution in [3.8, 4) is 0 Å². The Kier molecular flexibility index (Phi) is 4.45. The van der Waals surface area contributed by atoms with Crippen molar-refractivity contribution in [2.45, 2.75) is 19.9 Å². The summed E-state index contributed by atoms with van der Waals surface area (Å²) < 4.78 is 0.996. The molecule has 1 atom stereocenters. The normalized spacial score (nSPS) is 11.9. The Morgan fingerprint density at radius 3 is 2.65 bits per heavy atom. The minimum absolute atomic E-state index is 0.0671. The molecule has 4 heteroatoms. The van der Waals surface area contributed by atoms with Crippen molar-refractivity contribution in [2.75, 3.05) is 5.73 Å². The third kappa shape index (κ3) is 3.39. The van der Waals surface area contributed by atoms with Crippen LogP contribution in [-0.2, 0) is 0 Å². The van der Waals surface area contributed by atoms with E-state index in [9.17, 15) is 4.79 Å². The van der Waals surface area contributed by atoms with Crippen molar-refractivity contribution in [1.29, 1.82) is 0 Å². The fourth-order valence-electron chi connectivity index (χ4n) is 1.92. The van der Waals surface area contributed by atoms with Crippen LogP contribution in [0.3, 0.4) is 0 Å². The van der Waals surface area contributed by atoms with Crippen molar-refractivity contribution in [3.63, 3.8) is 0 Å². The second-order valence-corrected chi connectivity index (χ2v) is 5.74. The topological polar surface area (TPSA) is 55.1 Å². The standard InChI is InChI=1S/C16H17BrN2O/c1-10-6-7-13(9-15(10)18)16(20)19-11(2)12-4-3-5-14(17)8-12/h3-9,11H,18H2,1-2H3,(H,19,20)/t11-/m1/s1. The van der Waals surface area contributed by atoms with Gasteiger partial charge in [-0.05, 0) is 49.2 Å². The molecule has 0 bridgehead atoms. The lowest BCUT2D eigenvalue weighted by Crippen LogP contribution is -2.26. The van der Waals surface area contributed by atoms with E-state index in [0.29, 0.717) is 11.3 Å². The molecule has 2 aromatic carbocycles. The maximum Gasteiger partial charge on any atom is 0.251 e. The lowest BCUT2D eigenvalue weighted by Gasteiger charge is -2.15. The van der Waals surface area contributed by atoms with Gasteiger partial charge in [0, 0.05) is 15.7 Å². The number of nitrogens with one attached hydrogen (secondary N) is 1. The van der Waals surface area contributed by atoms with E-state index in [2.05, 4.69) is 21.2 Å². The SMILES string of the molecule is Cc1ccc(C(=O)N[C@H](C)c2cccc(Br)c2)cc1N. The molecule has 2 aromatic rings. The summed E-state index contributed by atoms with van der Waals surface area (Å²) in [7, 11) is 0. The second-order valence-electron chi connectivity index (χ2n) is 4.82. The molecule has 0 aliphatic carbocycles. The van der Waals surface area contributed by atoms with E-state index in [-0.39, 0.29) is 11.9 Å². The summed E-state index contributed by atoms with van der Waals surface area (Å²) in [6.45, 7) is 3.87. The van der Waals surface area contributed by atoms with Crippen molar-refractivity contribution in [1.82, 2.24) is 5.32 Å². The van der Waals surface area contributed by atoms with Gasteiger partial charge < -0.3 is 11.1 Å². The van der Waals surface area contributed by atoms with E-state index < -0.39 is 0 Å². The number of hydrogen-bond donors (Lipinski definition) is 2. The van der Waals surface area contributed by atoms with Gasteiger partial charge >= 0.3 is 0 Å². The van der Waals surface area contributed by atoms with Gasteiger partial charge in [-0.15, -0.1) is 0 Å². The van der Waals surface area contributed by atoms with Gasteiger partial charge in [0.1, 0.15) is 0 Å². The molecule has 0 aromatic heterocycles. The molecule has 1 amide bonds. The predicted molar refractivity (Wildman–Crippen MR) is 85.6 cm³/mol. The van der Waals surface area contributed by atoms with Crippen LogP contribution in [0.1, 0.15) is 34.5 Å². The molecular weight excluding hydrogens is 316 g/mol. The third-order valence-corrected chi connectivity index (χ3v) is 3.73. The Balaban J connectivity index is 2.13. The first-order valence-electron chi connectivity index (χ1n) is 6.40. The molecular formula is C16H17BrN2O. The summed E-state index contributed by atoms with van der Waals surface area (Å²) in [5.41, 5.74) is 9.07. The lowest BCUT2D eigenvalue weighted by atomic mass is 10.1. The van der Waals surface area contributed by atoms with Crippen LogP contribution >= 0.6 is 15.9 Å². The fraction of sp³-hybridized carbons (Fsp3) is 0.188. The number of anilines is 1. The molecule has 20 heavy (non-hydrogen) atoms. The molecule has 0 heterocycles. The number of nitrogens with two attached hydrogens (primary N) is 1. The molecule has 0 fully saturated rings. The van der Waals surface area contributed by atoms with Crippen LogP contribution in [0.15, 0.2) is 46.9 Å². The molecule has 3 nitrogen and oxygen atoms in total. The van der Waals surface area contributed by atoms with E-state index in [1.807, 2.05) is 44.2 Å². The summed E-state index contributed by atoms with van der Waals surface area (Å²) in [6.07, 6.45) is 0. The predicted octanol–water partition coefficient (Wildman–Crippen LogP) is 3.83. The zero-order valence-electron chi connectivity index (χ0n) is 11.5. The van der Waals surface area contributed by atoms with Gasteiger partial charge in [0.05, 0.1) is 6.04 Å². The highest BCUT2D eigenvalue weighted by Crippen LogP contribution is 2.19. The number of aryl methyl sites for hydroxylation is 1. The van der Waals surface area contributed by atoms with Crippen LogP contribution in [-0.4, -0.2) is 5.91 Å². The van der Waals surface area contributed by atoms with Crippen LogP contribution < -0.4 is 11.1 Å². The molecule has 0 spiro atoms. The quantitative estimate of drug-likeness (QED) is 0.839. The zero-order valence-corrected chi connectivity index (χ0v) is 13.1. The number of nitrogen functional groups attached to an aromatic ring is 1. The first kappa shape index (κ1) is 14.6. The maximum absolute atomic E-state index is 12.2. The first-order valence-corrected chi connectivity index (χ1v) is 7.19. The summed E-state index contributed by atoms with van der Waals surface area (Å²) >= 11 is 3.43. The Morgan fingerprint density at radius 2 is 2.00 bits per heavy atom. The Hall–Kier alpha value is -1.81. The number of benzene rings is 2. The van der Waals surface area contributed by atoms with Crippen LogP contribution in [0.2, 0.25) is 0 Å². The largest absolute Gasteiger partial charge is 0.398 e. The van der Waals surface area contributed by atoms with Crippen LogP contribution in [0, 0.1) is 6.92 Å². The van der Waals surface area contributed by atoms with Gasteiger partial charge in [-0.25, -0.2) is 0 Å². The molecule has 0 radical (unpaired) electrons. The van der Waals surface area contributed by atoms with E-state index in [1.54, 1.807) is 12.1 Å². The molecule has 2 rings (SSSR count). The highest BCUT2D eigenvalue weighted by molar-refractivity contribution is 9.10. The van der Waals surface area contributed by atoms with Crippen LogP contribution in [0.25, 0.3) is 0 Å². The van der Waals surface area contributed by atoms with Gasteiger partial charge in [-0.1, -0.05) is 34.1 Å².